The predicted octanol–water partition coefficient (Wildman–Crippen LogP) is 1.35. The van der Waals surface area contributed by atoms with Gasteiger partial charge in [-0.2, -0.15) is 4.31 Å². The molecule has 1 atom stereocenters. The van der Waals surface area contributed by atoms with Crippen molar-refractivity contribution in [3.8, 4) is 5.75 Å². The van der Waals surface area contributed by atoms with Gasteiger partial charge in [-0.1, -0.05) is 12.8 Å². The normalized spacial score (nSPS) is 22.0. The van der Waals surface area contributed by atoms with E-state index in [0.717, 1.165) is 45.2 Å². The summed E-state index contributed by atoms with van der Waals surface area (Å²) in [7, 11) is -2.13. The Morgan fingerprint density at radius 1 is 1.23 bits per heavy atom. The molecule has 0 radical (unpaired) electrons. The van der Waals surface area contributed by atoms with E-state index in [-0.39, 0.29) is 22.4 Å². The van der Waals surface area contributed by atoms with Crippen molar-refractivity contribution in [2.75, 3.05) is 33.3 Å². The van der Waals surface area contributed by atoms with Crippen molar-refractivity contribution in [3.05, 3.63) is 23.8 Å². The van der Waals surface area contributed by atoms with E-state index in [2.05, 4.69) is 10.6 Å². The van der Waals surface area contributed by atoms with Crippen LogP contribution in [0.2, 0.25) is 0 Å². The topological polar surface area (TPSA) is 87.7 Å². The number of nitrogens with zero attached hydrogens (tertiary/aromatic N) is 1. The average Bonchev–Trinajstić information content (AvgIpc) is 2.99. The number of hydrogen-bond donors (Lipinski definition) is 2. The first-order chi connectivity index (χ1) is 12.5. The van der Waals surface area contributed by atoms with E-state index < -0.39 is 10.0 Å². The van der Waals surface area contributed by atoms with Gasteiger partial charge in [0, 0.05) is 25.7 Å². The van der Waals surface area contributed by atoms with Crippen LogP contribution in [0.25, 0.3) is 0 Å². The van der Waals surface area contributed by atoms with Gasteiger partial charge in [-0.15, -0.1) is 0 Å². The molecule has 0 bridgehead atoms. The van der Waals surface area contributed by atoms with Crippen LogP contribution < -0.4 is 15.4 Å². The van der Waals surface area contributed by atoms with Crippen LogP contribution in [0, 0.1) is 0 Å². The monoisotopic (exact) mass is 381 g/mol. The second kappa shape index (κ2) is 8.37. The van der Waals surface area contributed by atoms with Gasteiger partial charge in [0.1, 0.15) is 5.75 Å². The molecular weight excluding hydrogens is 354 g/mol. The quantitative estimate of drug-likeness (QED) is 0.804. The number of nitrogens with one attached hydrogen (secondary N) is 2. The first-order valence-electron chi connectivity index (χ1n) is 9.22. The smallest absolute Gasteiger partial charge is 0.255 e. The van der Waals surface area contributed by atoms with Gasteiger partial charge in [0.15, 0.2) is 0 Å². The van der Waals surface area contributed by atoms with Crippen molar-refractivity contribution >= 4 is 15.9 Å². The highest BCUT2D eigenvalue weighted by atomic mass is 32.2. The molecule has 1 aromatic rings. The van der Waals surface area contributed by atoms with Crippen LogP contribution in [0.5, 0.6) is 5.75 Å². The molecule has 1 amide bonds. The lowest BCUT2D eigenvalue weighted by Crippen LogP contribution is -2.36. The van der Waals surface area contributed by atoms with Gasteiger partial charge in [-0.05, 0) is 44.0 Å². The molecule has 7 nitrogen and oxygen atoms in total. The van der Waals surface area contributed by atoms with Gasteiger partial charge in [-0.25, -0.2) is 8.42 Å². The third-order valence-corrected chi connectivity index (χ3v) is 6.91. The van der Waals surface area contributed by atoms with Gasteiger partial charge in [-0.3, -0.25) is 4.79 Å². The average molecular weight is 381 g/mol. The number of carbonyl (C=O) groups is 1. The largest absolute Gasteiger partial charge is 0.496 e. The third kappa shape index (κ3) is 4.19. The number of benzene rings is 1. The molecular formula is C18H27N3O4S. The minimum Gasteiger partial charge on any atom is -0.496 e. The van der Waals surface area contributed by atoms with E-state index in [0.29, 0.717) is 18.8 Å². The van der Waals surface area contributed by atoms with E-state index in [1.807, 2.05) is 0 Å². The Kier molecular flexibility index (Phi) is 6.16. The van der Waals surface area contributed by atoms with Crippen LogP contribution in [0.15, 0.2) is 23.1 Å². The van der Waals surface area contributed by atoms with Crippen LogP contribution >= 0.6 is 0 Å². The number of hydrogen-bond acceptors (Lipinski definition) is 5. The van der Waals surface area contributed by atoms with Gasteiger partial charge >= 0.3 is 0 Å². The van der Waals surface area contributed by atoms with Crippen molar-refractivity contribution < 1.29 is 17.9 Å². The van der Waals surface area contributed by atoms with Crippen LogP contribution in [0.4, 0.5) is 0 Å². The molecule has 1 aromatic carbocycles. The molecule has 1 unspecified atom stereocenters. The van der Waals surface area contributed by atoms with Crippen molar-refractivity contribution in [2.45, 2.75) is 43.0 Å². The first-order valence-corrected chi connectivity index (χ1v) is 10.7. The SMILES string of the molecule is COc1ccc(S(=O)(=O)N2CCCCCC2)cc1C(=O)NC1CCNC1. The Bertz CT molecular complexity index is 737. The fraction of sp³-hybridized carbons (Fsp3) is 0.611. The summed E-state index contributed by atoms with van der Waals surface area (Å²) in [6, 6.07) is 4.58. The van der Waals surface area contributed by atoms with E-state index in [1.165, 1.54) is 23.5 Å². The van der Waals surface area contributed by atoms with Crippen molar-refractivity contribution in [3.63, 3.8) is 0 Å². The summed E-state index contributed by atoms with van der Waals surface area (Å²) >= 11 is 0. The van der Waals surface area contributed by atoms with Crippen molar-refractivity contribution in [2.24, 2.45) is 0 Å². The van der Waals surface area contributed by atoms with Gasteiger partial charge < -0.3 is 15.4 Å². The maximum atomic E-state index is 13.0. The molecule has 2 N–H and O–H groups in total. The third-order valence-electron chi connectivity index (χ3n) is 5.01. The van der Waals surface area contributed by atoms with Gasteiger partial charge in [0.2, 0.25) is 10.0 Å². The maximum Gasteiger partial charge on any atom is 0.255 e. The highest BCUT2D eigenvalue weighted by molar-refractivity contribution is 7.89. The summed E-state index contributed by atoms with van der Waals surface area (Å²) in [5, 5.41) is 6.14. The molecule has 0 spiro atoms. The fourth-order valence-corrected chi connectivity index (χ4v) is 5.04. The molecule has 2 aliphatic rings. The fourth-order valence-electron chi connectivity index (χ4n) is 3.50. The lowest BCUT2D eigenvalue weighted by molar-refractivity contribution is 0.0936. The second-order valence-electron chi connectivity index (χ2n) is 6.84. The summed E-state index contributed by atoms with van der Waals surface area (Å²) in [5.74, 6) is 0.0757. The summed E-state index contributed by atoms with van der Waals surface area (Å²) in [6.07, 6.45) is 4.71. The van der Waals surface area contributed by atoms with E-state index in [9.17, 15) is 13.2 Å². The maximum absolute atomic E-state index is 13.0. The minimum absolute atomic E-state index is 0.0538. The van der Waals surface area contributed by atoms with Crippen LogP contribution in [-0.2, 0) is 10.0 Å². The number of sulfonamides is 1. The number of amides is 1. The molecule has 8 heteroatoms. The number of methoxy groups -OCH3 is 1. The molecule has 2 aliphatic heterocycles. The lowest BCUT2D eigenvalue weighted by Gasteiger charge is -2.21. The summed E-state index contributed by atoms with van der Waals surface area (Å²) < 4.78 is 32.8. The first kappa shape index (κ1) is 19.1. The van der Waals surface area contributed by atoms with Crippen molar-refractivity contribution in [1.29, 1.82) is 0 Å². The Morgan fingerprint density at radius 3 is 2.58 bits per heavy atom. The molecule has 144 valence electrons. The van der Waals surface area contributed by atoms with Gasteiger partial charge in [0.25, 0.3) is 5.91 Å². The second-order valence-corrected chi connectivity index (χ2v) is 8.78. The molecule has 0 aromatic heterocycles. The van der Waals surface area contributed by atoms with Gasteiger partial charge in [0.05, 0.1) is 17.6 Å². The Hall–Kier alpha value is -1.64. The molecule has 3 rings (SSSR count). The predicted molar refractivity (Wildman–Crippen MR) is 99.0 cm³/mol. The summed E-state index contributed by atoms with van der Waals surface area (Å²) in [5.41, 5.74) is 0.260. The zero-order valence-electron chi connectivity index (χ0n) is 15.2. The van der Waals surface area contributed by atoms with Crippen LogP contribution in [-0.4, -0.2) is 58.0 Å². The Labute approximate surface area is 155 Å². The summed E-state index contributed by atoms with van der Waals surface area (Å²) in [4.78, 5) is 12.8. The Morgan fingerprint density at radius 2 is 1.96 bits per heavy atom. The number of ether oxygens (including phenoxy) is 1. The highest BCUT2D eigenvalue weighted by Gasteiger charge is 2.27. The lowest BCUT2D eigenvalue weighted by atomic mass is 10.1. The molecule has 2 saturated heterocycles. The number of carbonyl (C=O) groups excluding carboxylic acids is 1. The number of rotatable bonds is 5. The molecule has 2 fully saturated rings. The van der Waals surface area contributed by atoms with E-state index in [4.69, 9.17) is 4.74 Å². The van der Waals surface area contributed by atoms with E-state index >= 15 is 0 Å². The highest BCUT2D eigenvalue weighted by Crippen LogP contribution is 2.26. The van der Waals surface area contributed by atoms with Crippen molar-refractivity contribution in [1.82, 2.24) is 14.9 Å². The van der Waals surface area contributed by atoms with E-state index in [1.54, 1.807) is 6.07 Å². The van der Waals surface area contributed by atoms with Crippen LogP contribution in [0.1, 0.15) is 42.5 Å². The zero-order chi connectivity index (χ0) is 18.6. The Balaban J connectivity index is 1.87. The molecule has 26 heavy (non-hydrogen) atoms. The molecule has 0 saturated carbocycles. The molecule has 0 aliphatic carbocycles. The summed E-state index contributed by atoms with van der Waals surface area (Å²) in [6.45, 7) is 2.65. The zero-order valence-corrected chi connectivity index (χ0v) is 16.0. The molecule has 2 heterocycles. The minimum atomic E-state index is -3.61. The van der Waals surface area contributed by atoms with Crippen LogP contribution in [0.3, 0.4) is 0 Å². The standard InChI is InChI=1S/C18H27N3O4S/c1-25-17-7-6-15(26(23,24)21-10-4-2-3-5-11-21)12-16(17)18(22)20-14-8-9-19-13-14/h6-7,12,14,19H,2-5,8-11,13H2,1H3,(H,20,22).